The minimum absolute atomic E-state index is 0.332. The molecule has 20 heavy (non-hydrogen) atoms. The Hall–Kier alpha value is -0.160. The number of hydrogen-bond donors (Lipinski definition) is 1. The predicted octanol–water partition coefficient (Wildman–Crippen LogP) is 2.00. The van der Waals surface area contributed by atoms with Gasteiger partial charge in [0.05, 0.1) is 19.3 Å². The molecule has 0 spiro atoms. The molecule has 0 aliphatic carbocycles. The van der Waals surface area contributed by atoms with Crippen molar-refractivity contribution >= 4 is 0 Å². The molecule has 1 fully saturated rings. The van der Waals surface area contributed by atoms with Crippen molar-refractivity contribution < 1.29 is 9.47 Å². The summed E-state index contributed by atoms with van der Waals surface area (Å²) in [6.45, 7) is 16.6. The molecule has 0 unspecified atom stereocenters. The molecule has 0 aromatic rings. The van der Waals surface area contributed by atoms with Gasteiger partial charge in [0.2, 0.25) is 0 Å². The summed E-state index contributed by atoms with van der Waals surface area (Å²) < 4.78 is 11.5. The van der Waals surface area contributed by atoms with Gasteiger partial charge in [0.15, 0.2) is 0 Å². The lowest BCUT2D eigenvalue weighted by Crippen LogP contribution is -2.47. The van der Waals surface area contributed by atoms with Gasteiger partial charge in [0.25, 0.3) is 0 Å². The molecule has 0 radical (unpaired) electrons. The number of ether oxygens (including phenoxy) is 2. The average molecular weight is 286 g/mol. The first kappa shape index (κ1) is 17.9. The molecule has 1 heterocycles. The Bertz CT molecular complexity index is 235. The largest absolute Gasteiger partial charge is 0.380 e. The molecule has 4 heteroatoms. The van der Waals surface area contributed by atoms with Crippen molar-refractivity contribution in [2.24, 2.45) is 11.8 Å². The van der Waals surface area contributed by atoms with Gasteiger partial charge in [-0.2, -0.15) is 0 Å². The monoisotopic (exact) mass is 286 g/mol. The van der Waals surface area contributed by atoms with Crippen LogP contribution in [0.3, 0.4) is 0 Å². The molecular formula is C16H34N2O2. The first-order valence-corrected chi connectivity index (χ1v) is 8.20. The second-order valence-corrected chi connectivity index (χ2v) is 6.64. The molecule has 0 saturated carbocycles. The first-order chi connectivity index (χ1) is 9.58. The Morgan fingerprint density at radius 1 is 1.20 bits per heavy atom. The molecule has 0 aromatic heterocycles. The van der Waals surface area contributed by atoms with Gasteiger partial charge in [0.1, 0.15) is 0 Å². The fraction of sp³-hybridized carbons (Fsp3) is 1.00. The van der Waals surface area contributed by atoms with Crippen LogP contribution in [0.2, 0.25) is 0 Å². The minimum Gasteiger partial charge on any atom is -0.380 e. The SMILES string of the molecule is CC(C)CCOCCN1CCO[C@@H](CNCC(C)C)C1. The quantitative estimate of drug-likeness (QED) is 0.623. The van der Waals surface area contributed by atoms with Crippen LogP contribution in [-0.2, 0) is 9.47 Å². The lowest BCUT2D eigenvalue weighted by atomic mass is 10.1. The first-order valence-electron chi connectivity index (χ1n) is 8.20. The van der Waals surface area contributed by atoms with E-state index in [1.165, 1.54) is 0 Å². The van der Waals surface area contributed by atoms with E-state index in [2.05, 4.69) is 37.9 Å². The lowest BCUT2D eigenvalue weighted by molar-refractivity contribution is -0.0353. The molecule has 0 bridgehead atoms. The van der Waals surface area contributed by atoms with Gasteiger partial charge >= 0.3 is 0 Å². The molecule has 120 valence electrons. The average Bonchev–Trinajstić information content (AvgIpc) is 2.38. The van der Waals surface area contributed by atoms with Crippen LogP contribution in [0.15, 0.2) is 0 Å². The van der Waals surface area contributed by atoms with E-state index in [0.29, 0.717) is 12.0 Å². The van der Waals surface area contributed by atoms with E-state index in [0.717, 1.165) is 64.9 Å². The molecule has 1 N–H and O–H groups in total. The summed E-state index contributed by atoms with van der Waals surface area (Å²) in [4.78, 5) is 2.46. The van der Waals surface area contributed by atoms with E-state index in [9.17, 15) is 0 Å². The minimum atomic E-state index is 0.332. The number of hydrogen-bond acceptors (Lipinski definition) is 4. The van der Waals surface area contributed by atoms with Crippen molar-refractivity contribution in [2.75, 3.05) is 52.5 Å². The maximum atomic E-state index is 5.80. The number of nitrogens with one attached hydrogen (secondary N) is 1. The van der Waals surface area contributed by atoms with E-state index in [1.807, 2.05) is 0 Å². The third-order valence-electron chi connectivity index (χ3n) is 3.54. The van der Waals surface area contributed by atoms with Crippen molar-refractivity contribution in [1.29, 1.82) is 0 Å². The van der Waals surface area contributed by atoms with Crippen molar-refractivity contribution in [3.05, 3.63) is 0 Å². The fourth-order valence-electron chi connectivity index (χ4n) is 2.25. The number of morpholine rings is 1. The second-order valence-electron chi connectivity index (χ2n) is 6.64. The number of nitrogens with zero attached hydrogens (tertiary/aromatic N) is 1. The molecule has 0 aromatic carbocycles. The molecule has 1 saturated heterocycles. The zero-order valence-corrected chi connectivity index (χ0v) is 13.9. The van der Waals surface area contributed by atoms with Gasteiger partial charge in [-0.1, -0.05) is 27.7 Å². The predicted molar refractivity (Wildman–Crippen MR) is 84.2 cm³/mol. The highest BCUT2D eigenvalue weighted by Gasteiger charge is 2.19. The van der Waals surface area contributed by atoms with E-state index in [1.54, 1.807) is 0 Å². The van der Waals surface area contributed by atoms with Crippen LogP contribution >= 0.6 is 0 Å². The van der Waals surface area contributed by atoms with Crippen LogP contribution in [0.1, 0.15) is 34.1 Å². The Labute approximate surface area is 125 Å². The zero-order valence-electron chi connectivity index (χ0n) is 13.9. The Morgan fingerprint density at radius 2 is 2.00 bits per heavy atom. The van der Waals surface area contributed by atoms with Gasteiger partial charge < -0.3 is 14.8 Å². The molecule has 1 atom stereocenters. The summed E-state index contributed by atoms with van der Waals surface area (Å²) in [7, 11) is 0. The summed E-state index contributed by atoms with van der Waals surface area (Å²) in [5.41, 5.74) is 0. The Balaban J connectivity index is 2.05. The van der Waals surface area contributed by atoms with Crippen LogP contribution in [-0.4, -0.2) is 63.5 Å². The van der Waals surface area contributed by atoms with Gasteiger partial charge in [-0.3, -0.25) is 4.90 Å². The standard InChI is InChI=1S/C16H34N2O2/c1-14(2)5-8-19-9-6-18-7-10-20-16(13-18)12-17-11-15(3)4/h14-17H,5-13H2,1-4H3/t16-/m0/s1. The van der Waals surface area contributed by atoms with Gasteiger partial charge in [-0.05, 0) is 24.8 Å². The smallest absolute Gasteiger partial charge is 0.0826 e. The van der Waals surface area contributed by atoms with E-state index in [4.69, 9.17) is 9.47 Å². The lowest BCUT2D eigenvalue weighted by Gasteiger charge is -2.33. The number of rotatable bonds is 10. The zero-order chi connectivity index (χ0) is 14.8. The van der Waals surface area contributed by atoms with Gasteiger partial charge in [0, 0.05) is 32.8 Å². The van der Waals surface area contributed by atoms with E-state index >= 15 is 0 Å². The normalized spacial score (nSPS) is 21.0. The van der Waals surface area contributed by atoms with Crippen molar-refractivity contribution in [2.45, 2.75) is 40.2 Å². The molecular weight excluding hydrogens is 252 g/mol. The second kappa shape index (κ2) is 10.6. The molecule has 1 aliphatic heterocycles. The maximum absolute atomic E-state index is 5.80. The third-order valence-corrected chi connectivity index (χ3v) is 3.54. The maximum Gasteiger partial charge on any atom is 0.0826 e. The molecule has 1 aliphatic rings. The summed E-state index contributed by atoms with van der Waals surface area (Å²) in [6.07, 6.45) is 1.49. The van der Waals surface area contributed by atoms with E-state index in [-0.39, 0.29) is 0 Å². The highest BCUT2D eigenvalue weighted by molar-refractivity contribution is 4.73. The van der Waals surface area contributed by atoms with Crippen LogP contribution in [0.25, 0.3) is 0 Å². The molecule has 1 rings (SSSR count). The van der Waals surface area contributed by atoms with Gasteiger partial charge in [-0.25, -0.2) is 0 Å². The van der Waals surface area contributed by atoms with Crippen LogP contribution in [0, 0.1) is 11.8 Å². The van der Waals surface area contributed by atoms with E-state index < -0.39 is 0 Å². The topological polar surface area (TPSA) is 33.7 Å². The van der Waals surface area contributed by atoms with Crippen LogP contribution in [0.5, 0.6) is 0 Å². The van der Waals surface area contributed by atoms with Gasteiger partial charge in [-0.15, -0.1) is 0 Å². The summed E-state index contributed by atoms with van der Waals surface area (Å²) >= 11 is 0. The molecule has 4 nitrogen and oxygen atoms in total. The highest BCUT2D eigenvalue weighted by atomic mass is 16.5. The van der Waals surface area contributed by atoms with Crippen LogP contribution in [0.4, 0.5) is 0 Å². The Kier molecular flexibility index (Phi) is 9.44. The van der Waals surface area contributed by atoms with Crippen molar-refractivity contribution in [1.82, 2.24) is 10.2 Å². The summed E-state index contributed by atoms with van der Waals surface area (Å²) in [5.74, 6) is 1.43. The summed E-state index contributed by atoms with van der Waals surface area (Å²) in [6, 6.07) is 0. The Morgan fingerprint density at radius 3 is 2.70 bits per heavy atom. The highest BCUT2D eigenvalue weighted by Crippen LogP contribution is 2.05. The van der Waals surface area contributed by atoms with Crippen molar-refractivity contribution in [3.63, 3.8) is 0 Å². The fourth-order valence-corrected chi connectivity index (χ4v) is 2.25. The summed E-state index contributed by atoms with van der Waals surface area (Å²) in [5, 5.41) is 3.48. The van der Waals surface area contributed by atoms with Crippen molar-refractivity contribution in [3.8, 4) is 0 Å². The third kappa shape index (κ3) is 8.90. The molecule has 0 amide bonds. The van der Waals surface area contributed by atoms with Crippen LogP contribution < -0.4 is 5.32 Å².